The molecule has 2 aromatic carbocycles. The number of ether oxygens (including phenoxy) is 2. The number of phenols is 2. The van der Waals surface area contributed by atoms with E-state index in [0.29, 0.717) is 22.6 Å². The molecule has 0 bridgehead atoms. The van der Waals surface area contributed by atoms with Crippen LogP contribution in [0.4, 0.5) is 0 Å². The Morgan fingerprint density at radius 1 is 1.00 bits per heavy atom. The standard InChI is InChI=1S/C17H16O5/c1-21-15-4-3-5-16(22-2)17(15)13(19)9-7-11-6-8-12(18)14(20)10-11/h3-10,18,20H,1-2H3/b9-7+. The van der Waals surface area contributed by atoms with E-state index in [1.54, 1.807) is 24.3 Å². The lowest BCUT2D eigenvalue weighted by Gasteiger charge is -2.10. The van der Waals surface area contributed by atoms with Crippen LogP contribution in [0.5, 0.6) is 23.0 Å². The molecule has 0 spiro atoms. The van der Waals surface area contributed by atoms with Gasteiger partial charge in [-0.05, 0) is 35.9 Å². The van der Waals surface area contributed by atoms with Crippen LogP contribution >= 0.6 is 0 Å². The molecule has 0 atom stereocenters. The number of hydrogen-bond acceptors (Lipinski definition) is 5. The van der Waals surface area contributed by atoms with E-state index < -0.39 is 0 Å². The van der Waals surface area contributed by atoms with Crippen molar-refractivity contribution in [1.82, 2.24) is 0 Å². The maximum atomic E-state index is 12.4. The summed E-state index contributed by atoms with van der Waals surface area (Å²) in [5.41, 5.74) is 0.907. The van der Waals surface area contributed by atoms with Gasteiger partial charge in [0.15, 0.2) is 17.3 Å². The van der Waals surface area contributed by atoms with Crippen LogP contribution in [-0.4, -0.2) is 30.2 Å². The molecule has 0 saturated carbocycles. The first-order valence-electron chi connectivity index (χ1n) is 6.52. The Morgan fingerprint density at radius 2 is 1.64 bits per heavy atom. The summed E-state index contributed by atoms with van der Waals surface area (Å²) < 4.78 is 10.4. The molecule has 0 aliphatic heterocycles. The molecule has 0 radical (unpaired) electrons. The number of hydrogen-bond donors (Lipinski definition) is 2. The SMILES string of the molecule is COc1cccc(OC)c1C(=O)/C=C/c1ccc(O)c(O)c1. The van der Waals surface area contributed by atoms with Crippen LogP contribution in [0.25, 0.3) is 6.08 Å². The van der Waals surface area contributed by atoms with E-state index in [0.717, 1.165) is 0 Å². The van der Waals surface area contributed by atoms with Crippen molar-refractivity contribution in [3.8, 4) is 23.0 Å². The maximum Gasteiger partial charge on any atom is 0.193 e. The number of aromatic hydroxyl groups is 2. The van der Waals surface area contributed by atoms with Crippen LogP contribution in [0.15, 0.2) is 42.5 Å². The van der Waals surface area contributed by atoms with Gasteiger partial charge in [-0.25, -0.2) is 0 Å². The van der Waals surface area contributed by atoms with E-state index >= 15 is 0 Å². The van der Waals surface area contributed by atoms with E-state index in [4.69, 9.17) is 9.47 Å². The predicted molar refractivity (Wildman–Crippen MR) is 82.7 cm³/mol. The van der Waals surface area contributed by atoms with Gasteiger partial charge in [0.1, 0.15) is 17.1 Å². The molecule has 2 N–H and O–H groups in total. The van der Waals surface area contributed by atoms with Crippen LogP contribution in [-0.2, 0) is 0 Å². The summed E-state index contributed by atoms with van der Waals surface area (Å²) in [4.78, 5) is 12.4. The molecule has 5 heteroatoms. The van der Waals surface area contributed by atoms with Crippen molar-refractivity contribution in [3.05, 3.63) is 53.6 Å². The third-order valence-corrected chi connectivity index (χ3v) is 3.10. The zero-order valence-electron chi connectivity index (χ0n) is 12.2. The molecular weight excluding hydrogens is 284 g/mol. The van der Waals surface area contributed by atoms with Gasteiger partial charge in [-0.2, -0.15) is 0 Å². The largest absolute Gasteiger partial charge is 0.504 e. The molecule has 2 aromatic rings. The molecule has 0 fully saturated rings. The number of carbonyl (C=O) groups excluding carboxylic acids is 1. The zero-order chi connectivity index (χ0) is 16.1. The van der Waals surface area contributed by atoms with Crippen molar-refractivity contribution in [2.24, 2.45) is 0 Å². The van der Waals surface area contributed by atoms with Crippen LogP contribution in [0.3, 0.4) is 0 Å². The summed E-state index contributed by atoms with van der Waals surface area (Å²) in [6.07, 6.45) is 2.89. The Kier molecular flexibility index (Phi) is 4.68. The first kappa shape index (κ1) is 15.4. The Bertz CT molecular complexity index is 697. The highest BCUT2D eigenvalue weighted by molar-refractivity contribution is 6.10. The van der Waals surface area contributed by atoms with Crippen LogP contribution in [0, 0.1) is 0 Å². The Labute approximate surface area is 128 Å². The van der Waals surface area contributed by atoms with Crippen molar-refractivity contribution >= 4 is 11.9 Å². The van der Waals surface area contributed by atoms with Gasteiger partial charge in [-0.3, -0.25) is 4.79 Å². The number of benzene rings is 2. The molecule has 0 saturated heterocycles. The minimum absolute atomic E-state index is 0.213. The second kappa shape index (κ2) is 6.67. The molecule has 2 rings (SSSR count). The Hall–Kier alpha value is -2.95. The fraction of sp³-hybridized carbons (Fsp3) is 0.118. The molecule has 0 aromatic heterocycles. The molecule has 0 amide bonds. The number of carbonyl (C=O) groups is 1. The van der Waals surface area contributed by atoms with Crippen LogP contribution < -0.4 is 9.47 Å². The average molecular weight is 300 g/mol. The van der Waals surface area contributed by atoms with Gasteiger partial charge >= 0.3 is 0 Å². The monoisotopic (exact) mass is 300 g/mol. The Balaban J connectivity index is 2.32. The molecule has 5 nitrogen and oxygen atoms in total. The van der Waals surface area contributed by atoms with Crippen molar-refractivity contribution in [2.75, 3.05) is 14.2 Å². The number of ketones is 1. The van der Waals surface area contributed by atoms with E-state index in [1.165, 1.54) is 38.5 Å². The summed E-state index contributed by atoms with van der Waals surface area (Å²) in [6.45, 7) is 0. The first-order valence-corrected chi connectivity index (χ1v) is 6.52. The lowest BCUT2D eigenvalue weighted by Crippen LogP contribution is -2.02. The second-order valence-corrected chi connectivity index (χ2v) is 4.48. The predicted octanol–water partition coefficient (Wildman–Crippen LogP) is 3.01. The fourth-order valence-electron chi connectivity index (χ4n) is 1.99. The summed E-state index contributed by atoms with van der Waals surface area (Å²) in [6, 6.07) is 9.38. The van der Waals surface area contributed by atoms with Gasteiger partial charge in [0.2, 0.25) is 0 Å². The number of rotatable bonds is 5. The number of allylic oxidation sites excluding steroid dienone is 1. The zero-order valence-corrected chi connectivity index (χ0v) is 12.2. The highest BCUT2D eigenvalue weighted by Gasteiger charge is 2.15. The van der Waals surface area contributed by atoms with E-state index in [2.05, 4.69) is 0 Å². The van der Waals surface area contributed by atoms with Crippen molar-refractivity contribution in [1.29, 1.82) is 0 Å². The lowest BCUT2D eigenvalue weighted by molar-refractivity contribution is 0.104. The number of methoxy groups -OCH3 is 2. The molecule has 114 valence electrons. The molecule has 22 heavy (non-hydrogen) atoms. The summed E-state index contributed by atoms with van der Waals surface area (Å²) >= 11 is 0. The maximum absolute atomic E-state index is 12.4. The van der Waals surface area contributed by atoms with Crippen molar-refractivity contribution in [3.63, 3.8) is 0 Å². The molecular formula is C17H16O5. The fourth-order valence-corrected chi connectivity index (χ4v) is 1.99. The van der Waals surface area contributed by atoms with Gasteiger partial charge < -0.3 is 19.7 Å². The van der Waals surface area contributed by atoms with E-state index in [-0.39, 0.29) is 17.3 Å². The first-order chi connectivity index (χ1) is 10.6. The van der Waals surface area contributed by atoms with Crippen molar-refractivity contribution < 1.29 is 24.5 Å². The third-order valence-electron chi connectivity index (χ3n) is 3.10. The van der Waals surface area contributed by atoms with Gasteiger partial charge in [0, 0.05) is 0 Å². The summed E-state index contributed by atoms with van der Waals surface area (Å²) in [5, 5.41) is 18.7. The second-order valence-electron chi connectivity index (χ2n) is 4.48. The topological polar surface area (TPSA) is 76.0 Å². The summed E-state index contributed by atoms with van der Waals surface area (Å²) in [5.74, 6) is 0.0892. The highest BCUT2D eigenvalue weighted by Crippen LogP contribution is 2.29. The van der Waals surface area contributed by atoms with Gasteiger partial charge in [0.05, 0.1) is 14.2 Å². The molecule has 0 aliphatic carbocycles. The van der Waals surface area contributed by atoms with E-state index in [9.17, 15) is 15.0 Å². The quantitative estimate of drug-likeness (QED) is 0.504. The molecule has 0 aliphatic rings. The third kappa shape index (κ3) is 3.20. The van der Waals surface area contributed by atoms with Crippen LogP contribution in [0.1, 0.15) is 15.9 Å². The minimum atomic E-state index is -0.290. The van der Waals surface area contributed by atoms with Crippen LogP contribution in [0.2, 0.25) is 0 Å². The van der Waals surface area contributed by atoms with Gasteiger partial charge in [0.25, 0.3) is 0 Å². The van der Waals surface area contributed by atoms with Crippen molar-refractivity contribution in [2.45, 2.75) is 0 Å². The van der Waals surface area contributed by atoms with E-state index in [1.807, 2.05) is 0 Å². The Morgan fingerprint density at radius 3 is 2.18 bits per heavy atom. The smallest absolute Gasteiger partial charge is 0.193 e. The normalized spacial score (nSPS) is 10.6. The summed E-state index contributed by atoms with van der Waals surface area (Å²) in [7, 11) is 2.96. The highest BCUT2D eigenvalue weighted by atomic mass is 16.5. The van der Waals surface area contributed by atoms with Gasteiger partial charge in [-0.1, -0.05) is 18.2 Å². The van der Waals surface area contributed by atoms with Gasteiger partial charge in [-0.15, -0.1) is 0 Å². The minimum Gasteiger partial charge on any atom is -0.504 e. The molecule has 0 heterocycles. The number of phenolic OH excluding ortho intramolecular Hbond substituents is 2. The molecule has 0 unspecified atom stereocenters. The average Bonchev–Trinajstić information content (AvgIpc) is 2.54. The lowest BCUT2D eigenvalue weighted by atomic mass is 10.1.